The molecule has 0 saturated heterocycles. The van der Waals surface area contributed by atoms with Crippen LogP contribution in [0.4, 0.5) is 5.69 Å². The summed E-state index contributed by atoms with van der Waals surface area (Å²) in [7, 11) is -3.58. The Balaban J connectivity index is 1.51. The number of carbonyl (C=O) groups excluding carboxylic acids is 1. The maximum Gasteiger partial charge on any atom is 0.271 e. The Morgan fingerprint density at radius 1 is 1.08 bits per heavy atom. The number of sulfonamides is 1. The summed E-state index contributed by atoms with van der Waals surface area (Å²) >= 11 is 1.15. The Hall–Kier alpha value is -2.58. The molecule has 1 aromatic carbocycles. The zero-order valence-corrected chi connectivity index (χ0v) is 15.5. The van der Waals surface area contributed by atoms with Crippen molar-refractivity contribution < 1.29 is 17.6 Å². The van der Waals surface area contributed by atoms with Gasteiger partial charge in [0, 0.05) is 24.2 Å². The Bertz CT molecular complexity index is 932. The van der Waals surface area contributed by atoms with E-state index in [1.165, 1.54) is 6.07 Å². The number of benzene rings is 1. The highest BCUT2D eigenvalue weighted by atomic mass is 32.2. The first-order valence-corrected chi connectivity index (χ1v) is 10.4. The fourth-order valence-corrected chi connectivity index (χ4v) is 4.38. The van der Waals surface area contributed by atoms with Crippen LogP contribution < -0.4 is 10.0 Å². The number of hydrogen-bond donors (Lipinski definition) is 2. The summed E-state index contributed by atoms with van der Waals surface area (Å²) < 4.78 is 32.3. The van der Waals surface area contributed by atoms with Crippen molar-refractivity contribution in [1.82, 2.24) is 5.32 Å². The van der Waals surface area contributed by atoms with Crippen LogP contribution in [0, 0.1) is 0 Å². The van der Waals surface area contributed by atoms with Crippen molar-refractivity contribution in [2.75, 3.05) is 11.3 Å². The smallest absolute Gasteiger partial charge is 0.271 e. The zero-order valence-electron chi connectivity index (χ0n) is 13.8. The zero-order chi connectivity index (χ0) is 18.4. The highest BCUT2D eigenvalue weighted by molar-refractivity contribution is 7.94. The first kappa shape index (κ1) is 18.2. The topological polar surface area (TPSA) is 88.4 Å². The Kier molecular flexibility index (Phi) is 5.75. The predicted octanol–water partition coefficient (Wildman–Crippen LogP) is 3.50. The molecule has 136 valence electrons. The monoisotopic (exact) mass is 390 g/mol. The van der Waals surface area contributed by atoms with Gasteiger partial charge in [-0.1, -0.05) is 6.07 Å². The van der Waals surface area contributed by atoms with Crippen LogP contribution in [-0.2, 0) is 16.4 Å². The Morgan fingerprint density at radius 2 is 1.88 bits per heavy atom. The lowest BCUT2D eigenvalue weighted by atomic mass is 10.2. The predicted molar refractivity (Wildman–Crippen MR) is 101 cm³/mol. The Morgan fingerprint density at radius 3 is 2.54 bits per heavy atom. The van der Waals surface area contributed by atoms with E-state index in [-0.39, 0.29) is 10.1 Å². The second-order valence-corrected chi connectivity index (χ2v) is 8.41. The molecule has 6 nitrogen and oxygen atoms in total. The minimum absolute atomic E-state index is 0.197. The van der Waals surface area contributed by atoms with Gasteiger partial charge in [-0.3, -0.25) is 9.52 Å². The van der Waals surface area contributed by atoms with E-state index in [4.69, 9.17) is 4.42 Å². The normalized spacial score (nSPS) is 11.2. The molecule has 0 atom stereocenters. The molecule has 0 spiro atoms. The maximum absolute atomic E-state index is 12.2. The SMILES string of the molecule is O=C(NCCCc1ccco1)c1ccc(NS(=O)(=O)c2cccs2)cc1. The summed E-state index contributed by atoms with van der Waals surface area (Å²) in [5.41, 5.74) is 0.884. The van der Waals surface area contributed by atoms with E-state index in [0.717, 1.165) is 29.9 Å². The average molecular weight is 390 g/mol. The lowest BCUT2D eigenvalue weighted by Crippen LogP contribution is -2.24. The average Bonchev–Trinajstić information content (AvgIpc) is 3.32. The number of hydrogen-bond acceptors (Lipinski definition) is 5. The van der Waals surface area contributed by atoms with Crippen LogP contribution in [0.25, 0.3) is 0 Å². The Labute approximate surface area is 155 Å². The number of amides is 1. The molecule has 0 bridgehead atoms. The van der Waals surface area contributed by atoms with Gasteiger partial charge in [0.25, 0.3) is 15.9 Å². The molecule has 1 amide bonds. The van der Waals surface area contributed by atoms with Crippen molar-refractivity contribution in [2.24, 2.45) is 0 Å². The largest absolute Gasteiger partial charge is 0.469 e. The van der Waals surface area contributed by atoms with E-state index in [0.29, 0.717) is 17.8 Å². The molecule has 0 fully saturated rings. The van der Waals surface area contributed by atoms with Crippen LogP contribution in [0.3, 0.4) is 0 Å². The minimum Gasteiger partial charge on any atom is -0.469 e. The van der Waals surface area contributed by atoms with Gasteiger partial charge in [-0.25, -0.2) is 8.42 Å². The first-order valence-electron chi connectivity index (χ1n) is 8.01. The van der Waals surface area contributed by atoms with E-state index >= 15 is 0 Å². The van der Waals surface area contributed by atoms with Crippen LogP contribution >= 0.6 is 11.3 Å². The molecular weight excluding hydrogens is 372 g/mol. The number of furan rings is 1. The van der Waals surface area contributed by atoms with Gasteiger partial charge in [-0.2, -0.15) is 0 Å². The van der Waals surface area contributed by atoms with E-state index in [9.17, 15) is 13.2 Å². The molecule has 0 unspecified atom stereocenters. The molecule has 3 aromatic rings. The van der Waals surface area contributed by atoms with Gasteiger partial charge in [-0.15, -0.1) is 11.3 Å². The maximum atomic E-state index is 12.2. The molecule has 2 N–H and O–H groups in total. The molecule has 0 radical (unpaired) electrons. The number of thiophene rings is 1. The van der Waals surface area contributed by atoms with E-state index in [2.05, 4.69) is 10.0 Å². The van der Waals surface area contributed by atoms with Gasteiger partial charge in [0.2, 0.25) is 0 Å². The molecule has 0 aliphatic rings. The number of aryl methyl sites for hydroxylation is 1. The van der Waals surface area contributed by atoms with Crippen LogP contribution in [0.2, 0.25) is 0 Å². The highest BCUT2D eigenvalue weighted by Gasteiger charge is 2.15. The van der Waals surface area contributed by atoms with Crippen molar-refractivity contribution in [3.8, 4) is 0 Å². The first-order chi connectivity index (χ1) is 12.5. The molecule has 3 rings (SSSR count). The van der Waals surface area contributed by atoms with Crippen LogP contribution in [0.5, 0.6) is 0 Å². The fraction of sp³-hybridized carbons (Fsp3) is 0.167. The van der Waals surface area contributed by atoms with Crippen molar-refractivity contribution >= 4 is 33.0 Å². The molecule has 2 aromatic heterocycles. The van der Waals surface area contributed by atoms with Gasteiger partial charge in [0.1, 0.15) is 9.97 Å². The van der Waals surface area contributed by atoms with Crippen molar-refractivity contribution in [2.45, 2.75) is 17.1 Å². The van der Waals surface area contributed by atoms with E-state index in [1.807, 2.05) is 12.1 Å². The fourth-order valence-electron chi connectivity index (χ4n) is 2.33. The minimum atomic E-state index is -3.58. The molecule has 0 aliphatic heterocycles. The van der Waals surface area contributed by atoms with Crippen molar-refractivity contribution in [3.63, 3.8) is 0 Å². The highest BCUT2D eigenvalue weighted by Crippen LogP contribution is 2.20. The summed E-state index contributed by atoms with van der Waals surface area (Å²) in [6.45, 7) is 0.534. The third-order valence-electron chi connectivity index (χ3n) is 3.62. The second kappa shape index (κ2) is 8.20. The third kappa shape index (κ3) is 4.74. The summed E-state index contributed by atoms with van der Waals surface area (Å²) in [4.78, 5) is 12.1. The van der Waals surface area contributed by atoms with Crippen LogP contribution in [0.15, 0.2) is 68.8 Å². The molecule has 2 heterocycles. The van der Waals surface area contributed by atoms with Gasteiger partial charge in [-0.05, 0) is 54.3 Å². The van der Waals surface area contributed by atoms with Crippen molar-refractivity contribution in [1.29, 1.82) is 0 Å². The third-order valence-corrected chi connectivity index (χ3v) is 6.40. The molecule has 26 heavy (non-hydrogen) atoms. The van der Waals surface area contributed by atoms with Gasteiger partial charge < -0.3 is 9.73 Å². The van der Waals surface area contributed by atoms with Gasteiger partial charge >= 0.3 is 0 Å². The lowest BCUT2D eigenvalue weighted by Gasteiger charge is -2.08. The van der Waals surface area contributed by atoms with E-state index in [1.54, 1.807) is 42.0 Å². The van der Waals surface area contributed by atoms with Gasteiger partial charge in [0.15, 0.2) is 0 Å². The van der Waals surface area contributed by atoms with Crippen molar-refractivity contribution in [3.05, 3.63) is 71.5 Å². The molecular formula is C18H18N2O4S2. The summed E-state index contributed by atoms with van der Waals surface area (Å²) in [5, 5.41) is 4.54. The molecule has 8 heteroatoms. The number of anilines is 1. The standard InChI is InChI=1S/C18H18N2O4S2/c21-18(19-11-1-4-16-5-2-12-24-16)14-7-9-15(10-8-14)20-26(22,23)17-6-3-13-25-17/h2-3,5-10,12-13,20H,1,4,11H2,(H,19,21). The van der Waals surface area contributed by atoms with Crippen LogP contribution in [-0.4, -0.2) is 20.9 Å². The van der Waals surface area contributed by atoms with E-state index < -0.39 is 10.0 Å². The number of rotatable bonds is 8. The summed E-state index contributed by atoms with van der Waals surface area (Å²) in [5.74, 6) is 0.693. The quantitative estimate of drug-likeness (QED) is 0.576. The van der Waals surface area contributed by atoms with Gasteiger partial charge in [0.05, 0.1) is 6.26 Å². The number of carbonyl (C=O) groups is 1. The molecule has 0 aliphatic carbocycles. The number of nitrogens with one attached hydrogen (secondary N) is 2. The van der Waals surface area contributed by atoms with Crippen LogP contribution in [0.1, 0.15) is 22.5 Å². The lowest BCUT2D eigenvalue weighted by molar-refractivity contribution is 0.0953. The summed E-state index contributed by atoms with van der Waals surface area (Å²) in [6.07, 6.45) is 3.16. The summed E-state index contributed by atoms with van der Waals surface area (Å²) in [6, 6.07) is 13.3. The second-order valence-electron chi connectivity index (χ2n) is 5.55. The molecule has 0 saturated carbocycles.